The van der Waals surface area contributed by atoms with E-state index < -0.39 is 20.2 Å². The summed E-state index contributed by atoms with van der Waals surface area (Å²) in [5.74, 6) is 0. The second kappa shape index (κ2) is 6.93. The second-order valence-corrected chi connectivity index (χ2v) is 9.57. The highest BCUT2D eigenvalue weighted by Gasteiger charge is 2.13. The molecule has 29 heavy (non-hydrogen) atoms. The van der Waals surface area contributed by atoms with E-state index in [4.69, 9.17) is 0 Å². The van der Waals surface area contributed by atoms with Crippen LogP contribution in [-0.4, -0.2) is 25.9 Å². The van der Waals surface area contributed by atoms with Gasteiger partial charge in [0.15, 0.2) is 0 Å². The summed E-state index contributed by atoms with van der Waals surface area (Å²) in [6, 6.07) is 19.9. The van der Waals surface area contributed by atoms with Gasteiger partial charge >= 0.3 is 0 Å². The SMILES string of the molecule is O=S(=O)(O)c1ccc2c(Cc3cccc4cc(S(=O)(=O)O)ccc34)cccc2c1. The molecule has 4 aromatic carbocycles. The topological polar surface area (TPSA) is 109 Å². The molecule has 8 heteroatoms. The highest BCUT2D eigenvalue weighted by molar-refractivity contribution is 7.86. The van der Waals surface area contributed by atoms with Crippen LogP contribution in [-0.2, 0) is 26.7 Å². The minimum atomic E-state index is -4.28. The number of rotatable bonds is 4. The van der Waals surface area contributed by atoms with Crippen molar-refractivity contribution in [1.82, 2.24) is 0 Å². The van der Waals surface area contributed by atoms with E-state index in [-0.39, 0.29) is 9.79 Å². The molecule has 0 fully saturated rings. The van der Waals surface area contributed by atoms with E-state index in [9.17, 15) is 25.9 Å². The quantitative estimate of drug-likeness (QED) is 0.474. The van der Waals surface area contributed by atoms with Gasteiger partial charge in [0.25, 0.3) is 20.2 Å². The van der Waals surface area contributed by atoms with Gasteiger partial charge in [-0.1, -0.05) is 48.5 Å². The van der Waals surface area contributed by atoms with Crippen molar-refractivity contribution < 1.29 is 25.9 Å². The molecule has 2 N–H and O–H groups in total. The van der Waals surface area contributed by atoms with Crippen molar-refractivity contribution in [3.63, 3.8) is 0 Å². The Kier molecular flexibility index (Phi) is 4.66. The van der Waals surface area contributed by atoms with Gasteiger partial charge in [0.2, 0.25) is 0 Å². The maximum absolute atomic E-state index is 11.4. The van der Waals surface area contributed by atoms with Gasteiger partial charge in [-0.2, -0.15) is 16.8 Å². The summed E-state index contributed by atoms with van der Waals surface area (Å²) in [6.45, 7) is 0. The zero-order chi connectivity index (χ0) is 20.8. The number of benzene rings is 4. The molecule has 0 bridgehead atoms. The van der Waals surface area contributed by atoms with Crippen LogP contribution in [0, 0.1) is 0 Å². The Labute approximate surface area is 167 Å². The van der Waals surface area contributed by atoms with Crippen molar-refractivity contribution in [1.29, 1.82) is 0 Å². The molecule has 0 aliphatic heterocycles. The third-order valence-corrected chi connectivity index (χ3v) is 6.56. The van der Waals surface area contributed by atoms with Crippen molar-refractivity contribution in [2.45, 2.75) is 16.2 Å². The zero-order valence-electron chi connectivity index (χ0n) is 15.0. The van der Waals surface area contributed by atoms with Gasteiger partial charge in [-0.05, 0) is 63.4 Å². The molecule has 0 unspecified atom stereocenters. The number of hydrogen-bond acceptors (Lipinski definition) is 4. The fraction of sp³-hybridized carbons (Fsp3) is 0.0476. The van der Waals surface area contributed by atoms with E-state index >= 15 is 0 Å². The largest absolute Gasteiger partial charge is 0.294 e. The van der Waals surface area contributed by atoms with Crippen LogP contribution in [0.2, 0.25) is 0 Å². The van der Waals surface area contributed by atoms with Crippen LogP contribution in [0.1, 0.15) is 11.1 Å². The Hall–Kier alpha value is -2.78. The van der Waals surface area contributed by atoms with Crippen LogP contribution in [0.5, 0.6) is 0 Å². The molecule has 0 aliphatic carbocycles. The minimum absolute atomic E-state index is 0.162. The van der Waals surface area contributed by atoms with Crippen LogP contribution >= 0.6 is 0 Å². The van der Waals surface area contributed by atoms with E-state index in [1.165, 1.54) is 24.3 Å². The first-order valence-corrected chi connectivity index (χ1v) is 11.5. The zero-order valence-corrected chi connectivity index (χ0v) is 16.6. The third-order valence-electron chi connectivity index (χ3n) is 4.86. The smallest absolute Gasteiger partial charge is 0.282 e. The molecule has 0 aliphatic rings. The van der Waals surface area contributed by atoms with E-state index in [1.807, 2.05) is 24.3 Å². The predicted molar refractivity (Wildman–Crippen MR) is 110 cm³/mol. The Balaban J connectivity index is 1.82. The first-order chi connectivity index (χ1) is 13.6. The highest BCUT2D eigenvalue weighted by Crippen LogP contribution is 2.28. The fourth-order valence-corrected chi connectivity index (χ4v) is 4.52. The Morgan fingerprint density at radius 2 is 1.00 bits per heavy atom. The van der Waals surface area contributed by atoms with E-state index in [2.05, 4.69) is 0 Å². The molecule has 4 aromatic rings. The average molecular weight is 428 g/mol. The summed E-state index contributed by atoms with van der Waals surface area (Å²) in [4.78, 5) is -0.324. The van der Waals surface area contributed by atoms with Crippen molar-refractivity contribution in [2.75, 3.05) is 0 Å². The molecule has 0 atom stereocenters. The lowest BCUT2D eigenvalue weighted by molar-refractivity contribution is 0.481. The minimum Gasteiger partial charge on any atom is -0.282 e. The normalized spacial score (nSPS) is 12.5. The summed E-state index contributed by atoms with van der Waals surface area (Å²) in [5.41, 5.74) is 1.91. The molecule has 0 saturated heterocycles. The molecule has 4 rings (SSSR count). The number of hydrogen-bond donors (Lipinski definition) is 2. The van der Waals surface area contributed by atoms with Gasteiger partial charge in [-0.3, -0.25) is 9.11 Å². The Morgan fingerprint density at radius 3 is 1.38 bits per heavy atom. The van der Waals surface area contributed by atoms with Crippen molar-refractivity contribution >= 4 is 41.8 Å². The standard InChI is InChI=1S/C21H16O6S2/c22-28(23,24)18-7-9-20-14(3-1-5-16(20)12-18)11-15-4-2-6-17-13-19(29(25,26)27)8-10-21(15)17/h1-10,12-13H,11H2,(H,22,23,24)(H,25,26,27). The van der Waals surface area contributed by atoms with Gasteiger partial charge in [0.1, 0.15) is 0 Å². The molecular formula is C21H16O6S2. The van der Waals surface area contributed by atoms with Crippen LogP contribution < -0.4 is 0 Å². The molecule has 0 heterocycles. The molecule has 148 valence electrons. The first-order valence-electron chi connectivity index (χ1n) is 8.61. The van der Waals surface area contributed by atoms with Crippen LogP contribution in [0.3, 0.4) is 0 Å². The molecule has 6 nitrogen and oxygen atoms in total. The van der Waals surface area contributed by atoms with Gasteiger partial charge in [-0.25, -0.2) is 0 Å². The van der Waals surface area contributed by atoms with E-state index in [0.29, 0.717) is 17.2 Å². The van der Waals surface area contributed by atoms with Crippen LogP contribution in [0.15, 0.2) is 82.6 Å². The van der Waals surface area contributed by atoms with E-state index in [0.717, 1.165) is 21.9 Å². The Bertz CT molecular complexity index is 1360. The van der Waals surface area contributed by atoms with Crippen molar-refractivity contribution in [3.8, 4) is 0 Å². The van der Waals surface area contributed by atoms with Gasteiger partial charge < -0.3 is 0 Å². The predicted octanol–water partition coefficient (Wildman–Crippen LogP) is 4.08. The number of fused-ring (bicyclic) bond motifs is 2. The Morgan fingerprint density at radius 1 is 0.586 bits per heavy atom. The maximum Gasteiger partial charge on any atom is 0.294 e. The second-order valence-electron chi connectivity index (χ2n) is 6.73. The maximum atomic E-state index is 11.4. The molecule has 0 radical (unpaired) electrons. The van der Waals surface area contributed by atoms with Crippen molar-refractivity contribution in [3.05, 3.63) is 83.9 Å². The molecular weight excluding hydrogens is 412 g/mol. The van der Waals surface area contributed by atoms with Crippen LogP contribution in [0.25, 0.3) is 21.5 Å². The summed E-state index contributed by atoms with van der Waals surface area (Å²) in [6.07, 6.45) is 0.533. The average Bonchev–Trinajstić information content (AvgIpc) is 2.66. The summed E-state index contributed by atoms with van der Waals surface area (Å²) in [7, 11) is -8.56. The lowest BCUT2D eigenvalue weighted by atomic mass is 9.95. The molecule has 0 amide bonds. The van der Waals surface area contributed by atoms with Crippen molar-refractivity contribution in [2.24, 2.45) is 0 Å². The fourth-order valence-electron chi connectivity index (χ4n) is 3.49. The monoisotopic (exact) mass is 428 g/mol. The lowest BCUT2D eigenvalue weighted by Crippen LogP contribution is -1.99. The van der Waals surface area contributed by atoms with E-state index in [1.54, 1.807) is 24.3 Å². The highest BCUT2D eigenvalue weighted by atomic mass is 32.2. The van der Waals surface area contributed by atoms with Crippen LogP contribution in [0.4, 0.5) is 0 Å². The molecule has 0 aromatic heterocycles. The third kappa shape index (κ3) is 3.88. The lowest BCUT2D eigenvalue weighted by Gasteiger charge is -2.11. The molecule has 0 spiro atoms. The van der Waals surface area contributed by atoms with Gasteiger partial charge in [0, 0.05) is 0 Å². The first kappa shape index (κ1) is 19.5. The van der Waals surface area contributed by atoms with Gasteiger partial charge in [-0.15, -0.1) is 0 Å². The van der Waals surface area contributed by atoms with Gasteiger partial charge in [0.05, 0.1) is 9.79 Å². The molecule has 0 saturated carbocycles. The summed E-state index contributed by atoms with van der Waals surface area (Å²) in [5, 5.41) is 3.08. The summed E-state index contributed by atoms with van der Waals surface area (Å²) < 4.78 is 64.1. The summed E-state index contributed by atoms with van der Waals surface area (Å²) >= 11 is 0.